The van der Waals surface area contributed by atoms with E-state index in [0.29, 0.717) is 12.5 Å². The second kappa shape index (κ2) is 6.57. The topological polar surface area (TPSA) is 41.6 Å². The Labute approximate surface area is 114 Å². The molecule has 1 aliphatic rings. The van der Waals surface area contributed by atoms with Gasteiger partial charge in [0, 0.05) is 18.7 Å². The van der Waals surface area contributed by atoms with E-state index in [-0.39, 0.29) is 5.91 Å². The molecule has 0 bridgehead atoms. The summed E-state index contributed by atoms with van der Waals surface area (Å²) in [5.41, 5.74) is 0.954. The van der Waals surface area contributed by atoms with E-state index in [1.54, 1.807) is 7.11 Å². The summed E-state index contributed by atoms with van der Waals surface area (Å²) in [6, 6.07) is 8.07. The fourth-order valence-electron chi connectivity index (χ4n) is 2.53. The summed E-state index contributed by atoms with van der Waals surface area (Å²) in [4.78, 5) is 14.2. The molecule has 1 fully saturated rings. The highest BCUT2D eigenvalue weighted by atomic mass is 16.5. The van der Waals surface area contributed by atoms with Crippen LogP contribution in [-0.2, 0) is 11.2 Å². The van der Waals surface area contributed by atoms with Gasteiger partial charge in [-0.2, -0.15) is 0 Å². The molecule has 4 heteroatoms. The number of ether oxygens (including phenoxy) is 1. The molecule has 1 aromatic carbocycles. The van der Waals surface area contributed by atoms with Crippen LogP contribution in [0.4, 0.5) is 0 Å². The van der Waals surface area contributed by atoms with Crippen molar-refractivity contribution in [3.8, 4) is 5.75 Å². The third-order valence-electron chi connectivity index (χ3n) is 3.78. The van der Waals surface area contributed by atoms with E-state index in [1.165, 1.54) is 0 Å². The summed E-state index contributed by atoms with van der Waals surface area (Å²) in [6.07, 6.45) is 2.48. The second-order valence-corrected chi connectivity index (χ2v) is 4.97. The summed E-state index contributed by atoms with van der Waals surface area (Å²) in [7, 11) is 3.55. The number of amides is 1. The maximum atomic E-state index is 12.3. The van der Waals surface area contributed by atoms with Crippen molar-refractivity contribution < 1.29 is 9.53 Å². The Morgan fingerprint density at radius 1 is 1.37 bits per heavy atom. The SMILES string of the molecule is COc1ccccc1CC(=O)N(C)C1CCNCC1. The molecule has 0 radical (unpaired) electrons. The number of benzene rings is 1. The predicted molar refractivity (Wildman–Crippen MR) is 75.4 cm³/mol. The van der Waals surface area contributed by atoms with Gasteiger partial charge in [0.15, 0.2) is 0 Å². The lowest BCUT2D eigenvalue weighted by molar-refractivity contribution is -0.131. The Hall–Kier alpha value is -1.55. The van der Waals surface area contributed by atoms with Crippen LogP contribution in [0.3, 0.4) is 0 Å². The first kappa shape index (κ1) is 13.9. The van der Waals surface area contributed by atoms with E-state index in [0.717, 1.165) is 37.2 Å². The van der Waals surface area contributed by atoms with Crippen LogP contribution in [0.15, 0.2) is 24.3 Å². The van der Waals surface area contributed by atoms with E-state index in [2.05, 4.69) is 5.32 Å². The quantitative estimate of drug-likeness (QED) is 0.893. The zero-order valence-electron chi connectivity index (χ0n) is 11.7. The van der Waals surface area contributed by atoms with Gasteiger partial charge >= 0.3 is 0 Å². The van der Waals surface area contributed by atoms with Gasteiger partial charge in [0.05, 0.1) is 13.5 Å². The summed E-state index contributed by atoms with van der Waals surface area (Å²) >= 11 is 0. The van der Waals surface area contributed by atoms with Crippen molar-refractivity contribution in [2.24, 2.45) is 0 Å². The molecule has 1 heterocycles. The Balaban J connectivity index is 1.99. The average Bonchev–Trinajstić information content (AvgIpc) is 2.48. The monoisotopic (exact) mass is 262 g/mol. The van der Waals surface area contributed by atoms with E-state index in [9.17, 15) is 4.79 Å². The van der Waals surface area contributed by atoms with Gasteiger partial charge < -0.3 is 15.0 Å². The molecule has 0 atom stereocenters. The first-order chi connectivity index (χ1) is 9.22. The third-order valence-corrected chi connectivity index (χ3v) is 3.78. The van der Waals surface area contributed by atoms with Crippen molar-refractivity contribution in [3.05, 3.63) is 29.8 Å². The summed E-state index contributed by atoms with van der Waals surface area (Å²) < 4.78 is 5.29. The fourth-order valence-corrected chi connectivity index (χ4v) is 2.53. The van der Waals surface area contributed by atoms with Gasteiger partial charge in [-0.25, -0.2) is 0 Å². The van der Waals surface area contributed by atoms with Gasteiger partial charge in [-0.3, -0.25) is 4.79 Å². The molecule has 0 saturated carbocycles. The first-order valence-corrected chi connectivity index (χ1v) is 6.80. The van der Waals surface area contributed by atoms with Crippen LogP contribution in [0.25, 0.3) is 0 Å². The van der Waals surface area contributed by atoms with Crippen LogP contribution in [0, 0.1) is 0 Å². The third kappa shape index (κ3) is 3.47. The number of carbonyl (C=O) groups excluding carboxylic acids is 1. The smallest absolute Gasteiger partial charge is 0.227 e. The van der Waals surface area contributed by atoms with Crippen molar-refractivity contribution in [1.82, 2.24) is 10.2 Å². The fraction of sp³-hybridized carbons (Fsp3) is 0.533. The standard InChI is InChI=1S/C15H22N2O2/c1-17(13-7-9-16-10-8-13)15(18)11-12-5-3-4-6-14(12)19-2/h3-6,13,16H,7-11H2,1-2H3. The number of nitrogens with zero attached hydrogens (tertiary/aromatic N) is 1. The van der Waals surface area contributed by atoms with Crippen molar-refractivity contribution >= 4 is 5.91 Å². The minimum absolute atomic E-state index is 0.163. The van der Waals surface area contributed by atoms with E-state index in [1.807, 2.05) is 36.2 Å². The molecular formula is C15H22N2O2. The van der Waals surface area contributed by atoms with Crippen LogP contribution in [0.1, 0.15) is 18.4 Å². The number of rotatable bonds is 4. The van der Waals surface area contributed by atoms with E-state index in [4.69, 9.17) is 4.74 Å². The lowest BCUT2D eigenvalue weighted by Gasteiger charge is -2.31. The summed E-state index contributed by atoms with van der Waals surface area (Å²) in [5, 5.41) is 3.32. The number of piperidine rings is 1. The molecule has 0 unspecified atom stereocenters. The van der Waals surface area contributed by atoms with Crippen LogP contribution in [0.5, 0.6) is 5.75 Å². The lowest BCUT2D eigenvalue weighted by Crippen LogP contribution is -2.44. The van der Waals surface area contributed by atoms with Crippen molar-refractivity contribution in [1.29, 1.82) is 0 Å². The predicted octanol–water partition coefficient (Wildman–Crippen LogP) is 1.45. The highest BCUT2D eigenvalue weighted by molar-refractivity contribution is 5.79. The number of carbonyl (C=O) groups is 1. The molecule has 1 saturated heterocycles. The number of nitrogens with one attached hydrogen (secondary N) is 1. The van der Waals surface area contributed by atoms with E-state index < -0.39 is 0 Å². The number of hydrogen-bond donors (Lipinski definition) is 1. The molecular weight excluding hydrogens is 240 g/mol. The number of hydrogen-bond acceptors (Lipinski definition) is 3. The molecule has 1 aliphatic heterocycles. The Morgan fingerprint density at radius 2 is 2.05 bits per heavy atom. The van der Waals surface area contributed by atoms with Gasteiger partial charge in [-0.1, -0.05) is 18.2 Å². The highest BCUT2D eigenvalue weighted by Gasteiger charge is 2.22. The normalized spacial score (nSPS) is 16.1. The zero-order valence-corrected chi connectivity index (χ0v) is 11.7. The Kier molecular flexibility index (Phi) is 4.80. The van der Waals surface area contributed by atoms with Crippen LogP contribution in [0.2, 0.25) is 0 Å². The molecule has 1 N–H and O–H groups in total. The van der Waals surface area contributed by atoms with Crippen molar-refractivity contribution in [3.63, 3.8) is 0 Å². The van der Waals surface area contributed by atoms with E-state index >= 15 is 0 Å². The highest BCUT2D eigenvalue weighted by Crippen LogP contribution is 2.19. The van der Waals surface area contributed by atoms with Gasteiger partial charge in [0.25, 0.3) is 0 Å². The van der Waals surface area contributed by atoms with Crippen LogP contribution >= 0.6 is 0 Å². The van der Waals surface area contributed by atoms with Crippen LogP contribution in [-0.4, -0.2) is 44.1 Å². The maximum absolute atomic E-state index is 12.3. The number of likely N-dealkylation sites (N-methyl/N-ethyl adjacent to an activating group) is 1. The molecule has 2 rings (SSSR count). The Bertz CT molecular complexity index is 428. The average molecular weight is 262 g/mol. The first-order valence-electron chi connectivity index (χ1n) is 6.80. The molecule has 0 aliphatic carbocycles. The number of methoxy groups -OCH3 is 1. The molecule has 104 valence electrons. The van der Waals surface area contributed by atoms with Gasteiger partial charge in [0.1, 0.15) is 5.75 Å². The minimum atomic E-state index is 0.163. The van der Waals surface area contributed by atoms with Gasteiger partial charge in [0.2, 0.25) is 5.91 Å². The minimum Gasteiger partial charge on any atom is -0.496 e. The molecule has 0 spiro atoms. The Morgan fingerprint density at radius 3 is 2.74 bits per heavy atom. The molecule has 1 amide bonds. The van der Waals surface area contributed by atoms with Crippen molar-refractivity contribution in [2.45, 2.75) is 25.3 Å². The second-order valence-electron chi connectivity index (χ2n) is 4.97. The largest absolute Gasteiger partial charge is 0.496 e. The van der Waals surface area contributed by atoms with Crippen molar-refractivity contribution in [2.75, 3.05) is 27.2 Å². The molecule has 4 nitrogen and oxygen atoms in total. The molecule has 0 aromatic heterocycles. The summed E-state index contributed by atoms with van der Waals surface area (Å²) in [5.74, 6) is 0.950. The maximum Gasteiger partial charge on any atom is 0.227 e. The summed E-state index contributed by atoms with van der Waals surface area (Å²) in [6.45, 7) is 1.99. The number of para-hydroxylation sites is 1. The molecule has 19 heavy (non-hydrogen) atoms. The lowest BCUT2D eigenvalue weighted by atomic mass is 10.0. The molecule has 1 aromatic rings. The zero-order chi connectivity index (χ0) is 13.7. The van der Waals surface area contributed by atoms with Gasteiger partial charge in [-0.15, -0.1) is 0 Å². The van der Waals surface area contributed by atoms with Crippen LogP contribution < -0.4 is 10.1 Å². The van der Waals surface area contributed by atoms with Gasteiger partial charge in [-0.05, 0) is 32.0 Å².